The number of nitrogens with zero attached hydrogens (tertiary/aromatic N) is 2. The Morgan fingerprint density at radius 2 is 2.47 bits per heavy atom. The van der Waals surface area contributed by atoms with E-state index in [1.807, 2.05) is 12.1 Å². The van der Waals surface area contributed by atoms with Gasteiger partial charge in [0.25, 0.3) is 0 Å². The third-order valence-corrected chi connectivity index (χ3v) is 3.30. The summed E-state index contributed by atoms with van der Waals surface area (Å²) < 4.78 is 5.04. The van der Waals surface area contributed by atoms with Crippen molar-refractivity contribution < 1.29 is 9.53 Å². The zero-order chi connectivity index (χ0) is 13.7. The highest BCUT2D eigenvalue weighted by molar-refractivity contribution is 5.81. The van der Waals surface area contributed by atoms with Gasteiger partial charge in [0.1, 0.15) is 6.04 Å². The van der Waals surface area contributed by atoms with Crippen molar-refractivity contribution in [1.82, 2.24) is 20.5 Å². The highest BCUT2D eigenvalue weighted by atomic mass is 16.5. The summed E-state index contributed by atoms with van der Waals surface area (Å²) in [5.74, 6) is 0.653. The third-order valence-electron chi connectivity index (χ3n) is 3.30. The van der Waals surface area contributed by atoms with E-state index in [1.54, 1.807) is 20.4 Å². The topological polar surface area (TPSA) is 66.5 Å². The Hall–Kier alpha value is -1.66. The molecule has 1 amide bonds. The minimum atomic E-state index is -0.124. The van der Waals surface area contributed by atoms with Crippen molar-refractivity contribution in [2.75, 3.05) is 33.8 Å². The zero-order valence-electron chi connectivity index (χ0n) is 11.3. The van der Waals surface area contributed by atoms with Crippen LogP contribution in [0.3, 0.4) is 0 Å². The number of pyridine rings is 1. The summed E-state index contributed by atoms with van der Waals surface area (Å²) in [7, 11) is 3.27. The number of nitrogens with one attached hydrogen (secondary N) is 2. The lowest BCUT2D eigenvalue weighted by atomic mass is 10.1. The van der Waals surface area contributed by atoms with Crippen LogP contribution < -0.4 is 15.4 Å². The summed E-state index contributed by atoms with van der Waals surface area (Å²) in [5.41, 5.74) is 1.08. The monoisotopic (exact) mass is 264 g/mol. The first kappa shape index (κ1) is 13.8. The normalized spacial score (nSPS) is 20.0. The van der Waals surface area contributed by atoms with Gasteiger partial charge in [-0.1, -0.05) is 6.07 Å². The minimum Gasteiger partial charge on any atom is -0.481 e. The molecule has 1 unspecified atom stereocenters. The van der Waals surface area contributed by atoms with E-state index in [-0.39, 0.29) is 11.9 Å². The van der Waals surface area contributed by atoms with Gasteiger partial charge in [-0.25, -0.2) is 4.98 Å². The average molecular weight is 264 g/mol. The lowest BCUT2D eigenvalue weighted by Gasteiger charge is -2.34. The van der Waals surface area contributed by atoms with E-state index in [1.165, 1.54) is 0 Å². The lowest BCUT2D eigenvalue weighted by molar-refractivity contribution is -0.126. The van der Waals surface area contributed by atoms with Gasteiger partial charge in [0, 0.05) is 45.5 Å². The summed E-state index contributed by atoms with van der Waals surface area (Å²) in [6, 6.07) is 3.70. The number of amides is 1. The van der Waals surface area contributed by atoms with E-state index in [0.717, 1.165) is 25.2 Å². The molecule has 0 aliphatic carbocycles. The number of aromatic nitrogens is 1. The van der Waals surface area contributed by atoms with Crippen molar-refractivity contribution in [2.45, 2.75) is 12.6 Å². The van der Waals surface area contributed by atoms with Gasteiger partial charge in [-0.2, -0.15) is 0 Å². The van der Waals surface area contributed by atoms with Gasteiger partial charge in [-0.3, -0.25) is 9.69 Å². The van der Waals surface area contributed by atoms with Gasteiger partial charge >= 0.3 is 0 Å². The number of piperazine rings is 1. The molecule has 6 nitrogen and oxygen atoms in total. The lowest BCUT2D eigenvalue weighted by Crippen LogP contribution is -2.56. The molecule has 2 heterocycles. The molecule has 0 spiro atoms. The summed E-state index contributed by atoms with van der Waals surface area (Å²) in [5, 5.41) is 5.96. The summed E-state index contributed by atoms with van der Waals surface area (Å²) in [4.78, 5) is 18.2. The highest BCUT2D eigenvalue weighted by Crippen LogP contribution is 2.12. The van der Waals surface area contributed by atoms with Gasteiger partial charge in [0.15, 0.2) is 0 Å². The Morgan fingerprint density at radius 1 is 1.63 bits per heavy atom. The molecule has 0 aromatic carbocycles. The fourth-order valence-corrected chi connectivity index (χ4v) is 2.22. The van der Waals surface area contributed by atoms with E-state index in [9.17, 15) is 4.79 Å². The standard InChI is InChI=1S/C13H20N4O2/c1-14-13(18)11-8-15-5-6-17(11)9-10-3-4-12(19-2)16-7-10/h3-4,7,11,15H,5-6,8-9H2,1-2H3,(H,14,18). The second-order valence-electron chi connectivity index (χ2n) is 4.51. The Morgan fingerprint density at radius 3 is 3.11 bits per heavy atom. The number of hydrogen-bond acceptors (Lipinski definition) is 5. The van der Waals surface area contributed by atoms with E-state index in [0.29, 0.717) is 12.4 Å². The van der Waals surface area contributed by atoms with Gasteiger partial charge in [0.2, 0.25) is 11.8 Å². The van der Waals surface area contributed by atoms with Crippen LogP contribution in [-0.2, 0) is 11.3 Å². The minimum absolute atomic E-state index is 0.0497. The van der Waals surface area contributed by atoms with Crippen LogP contribution in [0.25, 0.3) is 0 Å². The SMILES string of the molecule is CNC(=O)C1CNCCN1Cc1ccc(OC)nc1. The molecule has 1 atom stereocenters. The van der Waals surface area contributed by atoms with Gasteiger partial charge in [-0.05, 0) is 5.56 Å². The molecule has 2 rings (SSSR count). The predicted molar refractivity (Wildman–Crippen MR) is 71.9 cm³/mol. The van der Waals surface area contributed by atoms with Gasteiger partial charge in [0.05, 0.1) is 7.11 Å². The van der Waals surface area contributed by atoms with Crippen molar-refractivity contribution in [3.63, 3.8) is 0 Å². The summed E-state index contributed by atoms with van der Waals surface area (Å²) in [6.45, 7) is 3.15. The zero-order valence-corrected chi connectivity index (χ0v) is 11.3. The second-order valence-corrected chi connectivity index (χ2v) is 4.51. The molecule has 0 radical (unpaired) electrons. The van der Waals surface area contributed by atoms with Crippen molar-refractivity contribution in [3.05, 3.63) is 23.9 Å². The van der Waals surface area contributed by atoms with Crippen molar-refractivity contribution in [2.24, 2.45) is 0 Å². The van der Waals surface area contributed by atoms with Crippen LogP contribution in [0, 0.1) is 0 Å². The molecule has 2 N–H and O–H groups in total. The molecular weight excluding hydrogens is 244 g/mol. The number of ether oxygens (including phenoxy) is 1. The Labute approximate surface area is 113 Å². The number of methoxy groups -OCH3 is 1. The van der Waals surface area contributed by atoms with Crippen molar-refractivity contribution >= 4 is 5.91 Å². The van der Waals surface area contributed by atoms with Crippen LogP contribution >= 0.6 is 0 Å². The average Bonchev–Trinajstić information content (AvgIpc) is 2.48. The molecule has 1 aromatic rings. The number of carbonyl (C=O) groups excluding carboxylic acids is 1. The molecule has 1 saturated heterocycles. The summed E-state index contributed by atoms with van der Waals surface area (Å²) in [6.07, 6.45) is 1.79. The molecule has 6 heteroatoms. The molecule has 1 aromatic heterocycles. The van der Waals surface area contributed by atoms with E-state index in [4.69, 9.17) is 4.74 Å². The van der Waals surface area contributed by atoms with Crippen molar-refractivity contribution in [3.8, 4) is 5.88 Å². The first-order valence-electron chi connectivity index (χ1n) is 6.40. The maximum absolute atomic E-state index is 11.8. The molecule has 1 fully saturated rings. The first-order valence-corrected chi connectivity index (χ1v) is 6.40. The maximum atomic E-state index is 11.8. The Kier molecular flexibility index (Phi) is 4.70. The molecule has 104 valence electrons. The number of carbonyl (C=O) groups is 1. The third kappa shape index (κ3) is 3.42. The fourth-order valence-electron chi connectivity index (χ4n) is 2.22. The molecule has 0 bridgehead atoms. The largest absolute Gasteiger partial charge is 0.481 e. The highest BCUT2D eigenvalue weighted by Gasteiger charge is 2.27. The maximum Gasteiger partial charge on any atom is 0.238 e. The van der Waals surface area contributed by atoms with Crippen LogP contribution in [0.2, 0.25) is 0 Å². The fraction of sp³-hybridized carbons (Fsp3) is 0.538. The Bertz CT molecular complexity index is 421. The molecule has 1 aliphatic heterocycles. The van der Waals surface area contributed by atoms with Crippen LogP contribution in [-0.4, -0.2) is 55.6 Å². The van der Waals surface area contributed by atoms with Gasteiger partial charge < -0.3 is 15.4 Å². The Balaban J connectivity index is 2.03. The van der Waals surface area contributed by atoms with E-state index < -0.39 is 0 Å². The quantitative estimate of drug-likeness (QED) is 0.775. The van der Waals surface area contributed by atoms with E-state index >= 15 is 0 Å². The van der Waals surface area contributed by atoms with Crippen LogP contribution in [0.5, 0.6) is 5.88 Å². The molecule has 19 heavy (non-hydrogen) atoms. The molecular formula is C13H20N4O2. The van der Waals surface area contributed by atoms with Crippen LogP contribution in [0.15, 0.2) is 18.3 Å². The summed E-state index contributed by atoms with van der Waals surface area (Å²) >= 11 is 0. The number of likely N-dealkylation sites (N-methyl/N-ethyl adjacent to an activating group) is 1. The number of hydrogen-bond donors (Lipinski definition) is 2. The first-order chi connectivity index (χ1) is 9.24. The van der Waals surface area contributed by atoms with Crippen molar-refractivity contribution in [1.29, 1.82) is 0 Å². The molecule has 1 aliphatic rings. The smallest absolute Gasteiger partial charge is 0.238 e. The molecule has 0 saturated carbocycles. The van der Waals surface area contributed by atoms with Crippen LogP contribution in [0.1, 0.15) is 5.56 Å². The second kappa shape index (κ2) is 6.49. The van der Waals surface area contributed by atoms with Crippen LogP contribution in [0.4, 0.5) is 0 Å². The van der Waals surface area contributed by atoms with E-state index in [2.05, 4.69) is 20.5 Å². The van der Waals surface area contributed by atoms with Gasteiger partial charge in [-0.15, -0.1) is 0 Å². The number of rotatable bonds is 4. The predicted octanol–water partition coefficient (Wildman–Crippen LogP) is -0.390.